The Labute approximate surface area is 102 Å². The lowest BCUT2D eigenvalue weighted by molar-refractivity contribution is -0.152. The van der Waals surface area contributed by atoms with Gasteiger partial charge in [0.25, 0.3) is 0 Å². The number of hydrogen-bond acceptors (Lipinski definition) is 4. The molecule has 2 aliphatic rings. The number of ether oxygens (including phenoxy) is 1. The van der Waals surface area contributed by atoms with Gasteiger partial charge in [-0.25, -0.2) is 0 Å². The second-order valence-electron chi connectivity index (χ2n) is 5.18. The van der Waals surface area contributed by atoms with Gasteiger partial charge in [-0.15, -0.1) is 0 Å². The van der Waals surface area contributed by atoms with Gasteiger partial charge in [0.2, 0.25) is 5.91 Å². The Morgan fingerprint density at radius 2 is 2.29 bits per heavy atom. The largest absolute Gasteiger partial charge is 0.394 e. The molecule has 5 heteroatoms. The molecule has 0 saturated carbocycles. The Hall–Kier alpha value is -0.650. The van der Waals surface area contributed by atoms with Crippen LogP contribution in [0.5, 0.6) is 0 Å². The first-order chi connectivity index (χ1) is 8.19. The highest BCUT2D eigenvalue weighted by molar-refractivity contribution is 5.78. The van der Waals surface area contributed by atoms with Gasteiger partial charge >= 0.3 is 0 Å². The Balaban J connectivity index is 1.85. The van der Waals surface area contributed by atoms with E-state index < -0.39 is 0 Å². The van der Waals surface area contributed by atoms with Gasteiger partial charge in [-0.1, -0.05) is 0 Å². The highest BCUT2D eigenvalue weighted by Crippen LogP contribution is 2.18. The number of aliphatic hydroxyl groups is 1. The van der Waals surface area contributed by atoms with Crippen LogP contribution in [0.2, 0.25) is 0 Å². The highest BCUT2D eigenvalue weighted by atomic mass is 16.5. The lowest BCUT2D eigenvalue weighted by atomic mass is 9.97. The maximum Gasteiger partial charge on any atom is 0.248 e. The van der Waals surface area contributed by atoms with Crippen molar-refractivity contribution >= 4 is 5.91 Å². The van der Waals surface area contributed by atoms with E-state index in [9.17, 15) is 4.79 Å². The van der Waals surface area contributed by atoms with Crippen LogP contribution in [0.1, 0.15) is 12.8 Å². The Kier molecular flexibility index (Phi) is 4.36. The molecule has 98 valence electrons. The van der Waals surface area contributed by atoms with Crippen LogP contribution in [0.3, 0.4) is 0 Å². The molecule has 0 spiro atoms. The number of rotatable bonds is 3. The van der Waals surface area contributed by atoms with Crippen molar-refractivity contribution in [1.29, 1.82) is 0 Å². The maximum absolute atomic E-state index is 11.7. The summed E-state index contributed by atoms with van der Waals surface area (Å²) in [6, 6.07) is 0. The van der Waals surface area contributed by atoms with E-state index in [1.165, 1.54) is 12.8 Å². The van der Waals surface area contributed by atoms with Crippen molar-refractivity contribution in [2.45, 2.75) is 18.9 Å². The molecule has 2 fully saturated rings. The molecular formula is C12H22N2O3. The fourth-order valence-corrected chi connectivity index (χ4v) is 2.70. The van der Waals surface area contributed by atoms with E-state index in [2.05, 4.69) is 11.9 Å². The third kappa shape index (κ3) is 3.40. The highest BCUT2D eigenvalue weighted by Gasteiger charge is 2.28. The minimum atomic E-state index is -0.200. The topological polar surface area (TPSA) is 53.0 Å². The van der Waals surface area contributed by atoms with Crippen LogP contribution >= 0.6 is 0 Å². The first-order valence-corrected chi connectivity index (χ1v) is 6.38. The van der Waals surface area contributed by atoms with Crippen molar-refractivity contribution in [3.8, 4) is 0 Å². The smallest absolute Gasteiger partial charge is 0.248 e. The SMILES string of the molecule is CN1CCCC(CN2CC(CO)OCC2=O)C1. The predicted molar refractivity (Wildman–Crippen MR) is 63.6 cm³/mol. The van der Waals surface area contributed by atoms with E-state index in [1.807, 2.05) is 4.90 Å². The van der Waals surface area contributed by atoms with Crippen LogP contribution in [0.15, 0.2) is 0 Å². The molecule has 2 aliphatic heterocycles. The number of nitrogens with zero attached hydrogens (tertiary/aromatic N) is 2. The second kappa shape index (κ2) is 5.80. The second-order valence-corrected chi connectivity index (χ2v) is 5.18. The molecule has 1 N–H and O–H groups in total. The number of carbonyl (C=O) groups excluding carboxylic acids is 1. The molecule has 0 aliphatic carbocycles. The van der Waals surface area contributed by atoms with Crippen molar-refractivity contribution in [3.63, 3.8) is 0 Å². The van der Waals surface area contributed by atoms with Crippen LogP contribution in [0.25, 0.3) is 0 Å². The van der Waals surface area contributed by atoms with Crippen molar-refractivity contribution in [3.05, 3.63) is 0 Å². The first kappa shape index (κ1) is 12.8. The molecule has 2 heterocycles. The van der Waals surface area contributed by atoms with E-state index in [4.69, 9.17) is 9.84 Å². The number of piperidine rings is 1. The molecular weight excluding hydrogens is 220 g/mol. The van der Waals surface area contributed by atoms with Gasteiger partial charge in [0.1, 0.15) is 6.61 Å². The summed E-state index contributed by atoms with van der Waals surface area (Å²) in [5.41, 5.74) is 0. The van der Waals surface area contributed by atoms with Gasteiger partial charge in [-0.05, 0) is 32.4 Å². The lowest BCUT2D eigenvalue weighted by Gasteiger charge is -2.37. The molecule has 2 unspecified atom stereocenters. The van der Waals surface area contributed by atoms with Gasteiger partial charge < -0.3 is 19.6 Å². The van der Waals surface area contributed by atoms with Gasteiger partial charge in [-0.3, -0.25) is 4.79 Å². The zero-order chi connectivity index (χ0) is 12.3. The fraction of sp³-hybridized carbons (Fsp3) is 0.917. The summed E-state index contributed by atoms with van der Waals surface area (Å²) in [7, 11) is 2.13. The molecule has 2 atom stereocenters. The molecule has 0 radical (unpaired) electrons. The molecule has 0 aromatic rings. The van der Waals surface area contributed by atoms with Crippen molar-refractivity contribution in [2.75, 3.05) is 46.4 Å². The quantitative estimate of drug-likeness (QED) is 0.728. The molecule has 17 heavy (non-hydrogen) atoms. The molecule has 2 rings (SSSR count). The summed E-state index contributed by atoms with van der Waals surface area (Å²) in [6.07, 6.45) is 2.20. The molecule has 0 aromatic heterocycles. The normalized spacial score (nSPS) is 31.9. The monoisotopic (exact) mass is 242 g/mol. The zero-order valence-electron chi connectivity index (χ0n) is 10.5. The average Bonchev–Trinajstić information content (AvgIpc) is 2.32. The lowest BCUT2D eigenvalue weighted by Crippen LogP contribution is -2.51. The number of aliphatic hydroxyl groups excluding tert-OH is 1. The summed E-state index contributed by atoms with van der Waals surface area (Å²) in [5, 5.41) is 9.07. The molecule has 0 aromatic carbocycles. The van der Waals surface area contributed by atoms with Crippen LogP contribution in [-0.2, 0) is 9.53 Å². The number of amides is 1. The fourth-order valence-electron chi connectivity index (χ4n) is 2.70. The third-order valence-electron chi connectivity index (χ3n) is 3.62. The van der Waals surface area contributed by atoms with Gasteiger partial charge in [-0.2, -0.15) is 0 Å². The first-order valence-electron chi connectivity index (χ1n) is 6.38. The summed E-state index contributed by atoms with van der Waals surface area (Å²) in [5.74, 6) is 0.623. The molecule has 5 nitrogen and oxygen atoms in total. The van der Waals surface area contributed by atoms with E-state index in [-0.39, 0.29) is 25.2 Å². The van der Waals surface area contributed by atoms with Gasteiger partial charge in [0.05, 0.1) is 12.7 Å². The molecule has 2 saturated heterocycles. The van der Waals surface area contributed by atoms with Crippen LogP contribution in [0.4, 0.5) is 0 Å². The van der Waals surface area contributed by atoms with Crippen molar-refractivity contribution in [2.24, 2.45) is 5.92 Å². The molecule has 1 amide bonds. The Morgan fingerprint density at radius 3 is 3.00 bits per heavy atom. The van der Waals surface area contributed by atoms with Crippen molar-refractivity contribution in [1.82, 2.24) is 9.80 Å². The Bertz CT molecular complexity index is 272. The van der Waals surface area contributed by atoms with Crippen molar-refractivity contribution < 1.29 is 14.6 Å². The number of carbonyl (C=O) groups is 1. The van der Waals surface area contributed by atoms with E-state index in [1.54, 1.807) is 0 Å². The van der Waals surface area contributed by atoms with Crippen LogP contribution in [-0.4, -0.2) is 73.4 Å². The van der Waals surface area contributed by atoms with E-state index >= 15 is 0 Å². The van der Waals surface area contributed by atoms with E-state index in [0.29, 0.717) is 12.5 Å². The standard InChI is InChI=1S/C12H22N2O3/c1-13-4-2-3-10(5-13)6-14-7-11(8-15)17-9-12(14)16/h10-11,15H,2-9H2,1H3. The maximum atomic E-state index is 11.7. The number of hydrogen-bond donors (Lipinski definition) is 1. The Morgan fingerprint density at radius 1 is 1.47 bits per heavy atom. The van der Waals surface area contributed by atoms with Gasteiger partial charge in [0, 0.05) is 19.6 Å². The average molecular weight is 242 g/mol. The van der Waals surface area contributed by atoms with E-state index in [0.717, 1.165) is 19.6 Å². The predicted octanol–water partition coefficient (Wildman–Crippen LogP) is -0.452. The number of morpholine rings is 1. The summed E-state index contributed by atoms with van der Waals surface area (Å²) in [6.45, 7) is 3.68. The summed E-state index contributed by atoms with van der Waals surface area (Å²) < 4.78 is 5.23. The minimum Gasteiger partial charge on any atom is -0.394 e. The number of likely N-dealkylation sites (tertiary alicyclic amines) is 1. The summed E-state index contributed by atoms with van der Waals surface area (Å²) >= 11 is 0. The zero-order valence-corrected chi connectivity index (χ0v) is 10.5. The minimum absolute atomic E-state index is 0.00561. The van der Waals surface area contributed by atoms with Gasteiger partial charge in [0.15, 0.2) is 0 Å². The van der Waals surface area contributed by atoms with Crippen LogP contribution < -0.4 is 0 Å². The van der Waals surface area contributed by atoms with Crippen LogP contribution in [0, 0.1) is 5.92 Å². The summed E-state index contributed by atoms with van der Waals surface area (Å²) in [4.78, 5) is 15.9. The molecule has 0 bridgehead atoms. The third-order valence-corrected chi connectivity index (χ3v) is 3.62.